The van der Waals surface area contributed by atoms with Gasteiger partial charge in [-0.1, -0.05) is 60.7 Å². The SMILES string of the molecule is COC(=O)C1(C(=O)OC)CC1c1c(-c2ccccc2)n[nH]c1-c1ccccc1. The Labute approximate surface area is 162 Å². The molecule has 1 aromatic heterocycles. The van der Waals surface area contributed by atoms with E-state index in [1.807, 2.05) is 60.7 Å². The Hall–Kier alpha value is -3.41. The van der Waals surface area contributed by atoms with Crippen molar-refractivity contribution in [2.75, 3.05) is 14.2 Å². The van der Waals surface area contributed by atoms with Gasteiger partial charge in [-0.3, -0.25) is 14.7 Å². The predicted molar refractivity (Wildman–Crippen MR) is 103 cm³/mol. The van der Waals surface area contributed by atoms with Gasteiger partial charge in [-0.05, 0) is 12.0 Å². The summed E-state index contributed by atoms with van der Waals surface area (Å²) in [5, 5.41) is 7.64. The first-order chi connectivity index (χ1) is 13.6. The van der Waals surface area contributed by atoms with Crippen molar-refractivity contribution in [2.24, 2.45) is 5.41 Å². The van der Waals surface area contributed by atoms with Crippen LogP contribution in [0.15, 0.2) is 60.7 Å². The first kappa shape index (κ1) is 18.0. The summed E-state index contributed by atoms with van der Waals surface area (Å²) in [5.41, 5.74) is 2.85. The van der Waals surface area contributed by atoms with E-state index in [1.165, 1.54) is 14.2 Å². The highest BCUT2D eigenvalue weighted by Crippen LogP contribution is 2.63. The van der Waals surface area contributed by atoms with Crippen LogP contribution in [-0.2, 0) is 19.1 Å². The molecule has 1 atom stereocenters. The molecule has 0 bridgehead atoms. The molecule has 6 nitrogen and oxygen atoms in total. The molecule has 1 N–H and O–H groups in total. The molecule has 28 heavy (non-hydrogen) atoms. The van der Waals surface area contributed by atoms with Gasteiger partial charge in [-0.15, -0.1) is 0 Å². The Morgan fingerprint density at radius 1 is 0.929 bits per heavy atom. The summed E-state index contributed by atoms with van der Waals surface area (Å²) in [7, 11) is 2.57. The lowest BCUT2D eigenvalue weighted by atomic mass is 9.93. The molecule has 6 heteroatoms. The van der Waals surface area contributed by atoms with Crippen molar-refractivity contribution in [3.05, 3.63) is 66.2 Å². The molecular weight excluding hydrogens is 356 g/mol. The van der Waals surface area contributed by atoms with Crippen molar-refractivity contribution in [3.63, 3.8) is 0 Å². The number of aromatic nitrogens is 2. The average Bonchev–Trinajstić information content (AvgIpc) is 3.36. The Balaban J connectivity index is 1.89. The molecule has 1 aliphatic carbocycles. The van der Waals surface area contributed by atoms with E-state index in [2.05, 4.69) is 10.2 Å². The summed E-state index contributed by atoms with van der Waals surface area (Å²) >= 11 is 0. The number of hydrogen-bond acceptors (Lipinski definition) is 5. The summed E-state index contributed by atoms with van der Waals surface area (Å²) in [6.45, 7) is 0. The fourth-order valence-corrected chi connectivity index (χ4v) is 3.84. The zero-order valence-electron chi connectivity index (χ0n) is 15.6. The van der Waals surface area contributed by atoms with Crippen LogP contribution >= 0.6 is 0 Å². The second-order valence-electron chi connectivity index (χ2n) is 6.80. The van der Waals surface area contributed by atoms with Crippen molar-refractivity contribution < 1.29 is 19.1 Å². The summed E-state index contributed by atoms with van der Waals surface area (Å²) in [5.74, 6) is -1.54. The third-order valence-electron chi connectivity index (χ3n) is 5.32. The van der Waals surface area contributed by atoms with E-state index in [9.17, 15) is 9.59 Å². The molecule has 2 aromatic carbocycles. The number of hydrogen-bond donors (Lipinski definition) is 1. The fraction of sp³-hybridized carbons (Fsp3) is 0.227. The molecule has 0 radical (unpaired) electrons. The molecule has 1 heterocycles. The third kappa shape index (κ3) is 2.69. The number of H-pyrrole nitrogens is 1. The van der Waals surface area contributed by atoms with Gasteiger partial charge < -0.3 is 9.47 Å². The molecule has 0 saturated heterocycles. The van der Waals surface area contributed by atoms with Crippen LogP contribution in [0.4, 0.5) is 0 Å². The quantitative estimate of drug-likeness (QED) is 0.544. The van der Waals surface area contributed by atoms with Gasteiger partial charge in [0.15, 0.2) is 5.41 Å². The van der Waals surface area contributed by atoms with E-state index in [4.69, 9.17) is 9.47 Å². The van der Waals surface area contributed by atoms with Crippen LogP contribution in [0.2, 0.25) is 0 Å². The first-order valence-corrected chi connectivity index (χ1v) is 8.99. The molecule has 142 valence electrons. The highest BCUT2D eigenvalue weighted by molar-refractivity contribution is 6.06. The number of carbonyl (C=O) groups excluding carboxylic acids is 2. The molecule has 1 fully saturated rings. The number of carbonyl (C=O) groups is 2. The Bertz CT molecular complexity index is 939. The minimum absolute atomic E-state index is 0.325. The maximum absolute atomic E-state index is 12.5. The zero-order valence-corrected chi connectivity index (χ0v) is 15.6. The smallest absolute Gasteiger partial charge is 0.323 e. The molecule has 3 aromatic rings. The normalized spacial score (nSPS) is 17.0. The maximum Gasteiger partial charge on any atom is 0.323 e. The van der Waals surface area contributed by atoms with Gasteiger partial charge in [0.2, 0.25) is 0 Å². The lowest BCUT2D eigenvalue weighted by Gasteiger charge is -2.14. The van der Waals surface area contributed by atoms with Crippen LogP contribution in [-0.4, -0.2) is 36.4 Å². The Kier molecular flexibility index (Phi) is 4.47. The van der Waals surface area contributed by atoms with E-state index in [0.717, 1.165) is 28.1 Å². The van der Waals surface area contributed by atoms with E-state index in [-0.39, 0.29) is 5.92 Å². The number of methoxy groups -OCH3 is 2. The molecule has 1 unspecified atom stereocenters. The van der Waals surface area contributed by atoms with Crippen LogP contribution in [0.1, 0.15) is 17.9 Å². The third-order valence-corrected chi connectivity index (χ3v) is 5.32. The number of rotatable bonds is 5. The minimum Gasteiger partial charge on any atom is -0.468 e. The Morgan fingerprint density at radius 2 is 1.46 bits per heavy atom. The second kappa shape index (κ2) is 6.96. The number of ether oxygens (including phenoxy) is 2. The fourth-order valence-electron chi connectivity index (χ4n) is 3.84. The van der Waals surface area contributed by atoms with Crippen molar-refractivity contribution in [1.29, 1.82) is 0 Å². The Morgan fingerprint density at radius 3 is 2.00 bits per heavy atom. The van der Waals surface area contributed by atoms with Gasteiger partial charge >= 0.3 is 11.9 Å². The van der Waals surface area contributed by atoms with Crippen molar-refractivity contribution in [3.8, 4) is 22.5 Å². The summed E-state index contributed by atoms with van der Waals surface area (Å²) in [4.78, 5) is 25.1. The van der Waals surface area contributed by atoms with Crippen molar-refractivity contribution in [1.82, 2.24) is 10.2 Å². The number of nitrogens with one attached hydrogen (secondary N) is 1. The molecule has 4 rings (SSSR count). The maximum atomic E-state index is 12.5. The number of benzene rings is 2. The molecule has 1 aliphatic rings. The molecule has 0 spiro atoms. The minimum atomic E-state index is -1.33. The first-order valence-electron chi connectivity index (χ1n) is 8.99. The number of esters is 2. The van der Waals surface area contributed by atoms with Gasteiger partial charge in [0.25, 0.3) is 0 Å². The van der Waals surface area contributed by atoms with E-state index >= 15 is 0 Å². The summed E-state index contributed by atoms with van der Waals surface area (Å²) in [6, 6.07) is 19.4. The van der Waals surface area contributed by atoms with E-state index in [0.29, 0.717) is 6.42 Å². The highest BCUT2D eigenvalue weighted by atomic mass is 16.5. The number of aromatic amines is 1. The van der Waals surface area contributed by atoms with Crippen LogP contribution in [0.5, 0.6) is 0 Å². The summed E-state index contributed by atoms with van der Waals surface area (Å²) in [6.07, 6.45) is 0.325. The van der Waals surface area contributed by atoms with E-state index < -0.39 is 17.4 Å². The van der Waals surface area contributed by atoms with Gasteiger partial charge in [0, 0.05) is 17.0 Å². The van der Waals surface area contributed by atoms with Crippen molar-refractivity contribution >= 4 is 11.9 Å². The standard InChI is InChI=1S/C22H20N2O4/c1-27-20(25)22(21(26)28-2)13-16(22)17-18(14-9-5-3-6-10-14)23-24-19(17)15-11-7-4-8-12-15/h3-12,16H,13H2,1-2H3,(H,23,24). The van der Waals surface area contributed by atoms with Crippen LogP contribution in [0.25, 0.3) is 22.5 Å². The summed E-state index contributed by atoms with van der Waals surface area (Å²) < 4.78 is 9.90. The zero-order chi connectivity index (χ0) is 19.7. The van der Waals surface area contributed by atoms with Crippen molar-refractivity contribution in [2.45, 2.75) is 12.3 Å². The van der Waals surface area contributed by atoms with Crippen LogP contribution in [0.3, 0.4) is 0 Å². The highest BCUT2D eigenvalue weighted by Gasteiger charge is 2.69. The molecule has 0 amide bonds. The van der Waals surface area contributed by atoms with Gasteiger partial charge in [-0.2, -0.15) is 5.10 Å². The van der Waals surface area contributed by atoms with Gasteiger partial charge in [0.05, 0.1) is 25.6 Å². The molecule has 0 aliphatic heterocycles. The topological polar surface area (TPSA) is 81.3 Å². The average molecular weight is 376 g/mol. The van der Waals surface area contributed by atoms with Crippen LogP contribution in [0, 0.1) is 5.41 Å². The lowest BCUT2D eigenvalue weighted by molar-refractivity contribution is -0.161. The van der Waals surface area contributed by atoms with Gasteiger partial charge in [-0.25, -0.2) is 0 Å². The molecule has 1 saturated carbocycles. The molecular formula is C22H20N2O4. The second-order valence-corrected chi connectivity index (χ2v) is 6.80. The van der Waals surface area contributed by atoms with E-state index in [1.54, 1.807) is 0 Å². The predicted octanol–water partition coefficient (Wildman–Crippen LogP) is 3.56. The largest absolute Gasteiger partial charge is 0.468 e. The van der Waals surface area contributed by atoms with Crippen LogP contribution < -0.4 is 0 Å². The number of nitrogens with zero attached hydrogens (tertiary/aromatic N) is 1. The van der Waals surface area contributed by atoms with Gasteiger partial charge in [0.1, 0.15) is 0 Å². The lowest BCUT2D eigenvalue weighted by Crippen LogP contribution is -2.30. The monoisotopic (exact) mass is 376 g/mol.